The lowest BCUT2D eigenvalue weighted by Crippen LogP contribution is -2.43. The van der Waals surface area contributed by atoms with Crippen LogP contribution in [0.2, 0.25) is 0 Å². The highest BCUT2D eigenvalue weighted by atomic mass is 16.2. The highest BCUT2D eigenvalue weighted by molar-refractivity contribution is 6.39. The van der Waals surface area contributed by atoms with Crippen molar-refractivity contribution in [2.75, 3.05) is 25.5 Å². The molecular weight excluding hydrogens is 296 g/mol. The van der Waals surface area contributed by atoms with Crippen molar-refractivity contribution in [1.82, 2.24) is 20.1 Å². The Morgan fingerprint density at radius 1 is 1.30 bits per heavy atom. The van der Waals surface area contributed by atoms with E-state index in [9.17, 15) is 9.59 Å². The van der Waals surface area contributed by atoms with Gasteiger partial charge in [-0.1, -0.05) is 0 Å². The van der Waals surface area contributed by atoms with Crippen molar-refractivity contribution in [3.63, 3.8) is 0 Å². The fourth-order valence-corrected chi connectivity index (χ4v) is 2.78. The second kappa shape index (κ2) is 6.31. The third-order valence-electron chi connectivity index (χ3n) is 4.04. The van der Waals surface area contributed by atoms with E-state index in [1.807, 2.05) is 13.0 Å². The molecule has 0 bridgehead atoms. The Labute approximate surface area is 134 Å². The van der Waals surface area contributed by atoms with Crippen LogP contribution < -0.4 is 5.32 Å². The van der Waals surface area contributed by atoms with Crippen molar-refractivity contribution < 1.29 is 9.59 Å². The standard InChI is InChI=1S/C15H20N6O2/c1-3-16-13-8-10-9-21(7-6-11(10)17-18-13)15(23)12-4-5-14(22)20(2)19-12/h8H,3-7,9H2,1-2H3,(H,16,18). The van der Waals surface area contributed by atoms with Gasteiger partial charge in [0.25, 0.3) is 5.91 Å². The maximum atomic E-state index is 12.6. The number of nitrogens with zero attached hydrogens (tertiary/aromatic N) is 5. The molecule has 122 valence electrons. The molecule has 2 aliphatic heterocycles. The predicted molar refractivity (Wildman–Crippen MR) is 84.8 cm³/mol. The van der Waals surface area contributed by atoms with Crippen LogP contribution in [0.4, 0.5) is 5.82 Å². The first kappa shape index (κ1) is 15.4. The minimum absolute atomic E-state index is 0.0592. The van der Waals surface area contributed by atoms with Gasteiger partial charge >= 0.3 is 0 Å². The summed E-state index contributed by atoms with van der Waals surface area (Å²) in [4.78, 5) is 25.9. The van der Waals surface area contributed by atoms with E-state index < -0.39 is 0 Å². The maximum absolute atomic E-state index is 12.6. The van der Waals surface area contributed by atoms with Crippen LogP contribution in [0.15, 0.2) is 11.2 Å². The summed E-state index contributed by atoms with van der Waals surface area (Å²) in [5, 5.41) is 16.9. The van der Waals surface area contributed by atoms with Crippen LogP contribution in [0.3, 0.4) is 0 Å². The smallest absolute Gasteiger partial charge is 0.270 e. The molecule has 0 aromatic carbocycles. The van der Waals surface area contributed by atoms with Crippen LogP contribution in [-0.4, -0.2) is 57.8 Å². The van der Waals surface area contributed by atoms with Crippen LogP contribution >= 0.6 is 0 Å². The molecule has 0 fully saturated rings. The molecule has 0 unspecified atom stereocenters. The first-order chi connectivity index (χ1) is 11.1. The number of rotatable bonds is 3. The summed E-state index contributed by atoms with van der Waals surface area (Å²) >= 11 is 0. The van der Waals surface area contributed by atoms with Crippen LogP contribution in [0.25, 0.3) is 0 Å². The lowest BCUT2D eigenvalue weighted by Gasteiger charge is -2.29. The number of aromatic nitrogens is 2. The molecule has 8 heteroatoms. The van der Waals surface area contributed by atoms with Crippen LogP contribution in [-0.2, 0) is 22.6 Å². The topological polar surface area (TPSA) is 90.8 Å². The molecule has 0 atom stereocenters. The van der Waals surface area contributed by atoms with Gasteiger partial charge in [0.05, 0.1) is 5.69 Å². The lowest BCUT2D eigenvalue weighted by atomic mass is 10.0. The van der Waals surface area contributed by atoms with E-state index in [2.05, 4.69) is 20.6 Å². The maximum Gasteiger partial charge on any atom is 0.270 e. The van der Waals surface area contributed by atoms with Crippen LogP contribution in [0, 0.1) is 0 Å². The molecule has 1 aromatic rings. The van der Waals surface area contributed by atoms with E-state index in [4.69, 9.17) is 0 Å². The van der Waals surface area contributed by atoms with Gasteiger partial charge in [-0.05, 0) is 18.6 Å². The van der Waals surface area contributed by atoms with Crippen molar-refractivity contribution in [3.05, 3.63) is 17.3 Å². The molecular formula is C15H20N6O2. The predicted octanol–water partition coefficient (Wildman–Crippen LogP) is 0.401. The zero-order valence-corrected chi connectivity index (χ0v) is 13.4. The second-order valence-electron chi connectivity index (χ2n) is 5.67. The fraction of sp³-hybridized carbons (Fsp3) is 0.533. The largest absolute Gasteiger partial charge is 0.369 e. The Kier molecular flexibility index (Phi) is 4.22. The number of hydrogen-bond donors (Lipinski definition) is 1. The fourth-order valence-electron chi connectivity index (χ4n) is 2.78. The van der Waals surface area contributed by atoms with E-state index in [0.29, 0.717) is 38.1 Å². The zero-order valence-electron chi connectivity index (χ0n) is 13.4. The van der Waals surface area contributed by atoms with E-state index in [0.717, 1.165) is 23.6 Å². The van der Waals surface area contributed by atoms with Gasteiger partial charge in [-0.15, -0.1) is 5.10 Å². The third-order valence-corrected chi connectivity index (χ3v) is 4.04. The average molecular weight is 316 g/mol. The van der Waals surface area contributed by atoms with Gasteiger partial charge in [0.15, 0.2) is 0 Å². The van der Waals surface area contributed by atoms with E-state index in [1.165, 1.54) is 5.01 Å². The molecule has 23 heavy (non-hydrogen) atoms. The highest BCUT2D eigenvalue weighted by Crippen LogP contribution is 2.20. The summed E-state index contributed by atoms with van der Waals surface area (Å²) in [6.07, 6.45) is 1.42. The highest BCUT2D eigenvalue weighted by Gasteiger charge is 2.28. The number of fused-ring (bicyclic) bond motifs is 1. The minimum Gasteiger partial charge on any atom is -0.369 e. The van der Waals surface area contributed by atoms with Gasteiger partial charge in [0, 0.05) is 45.9 Å². The Bertz CT molecular complexity index is 672. The number of hydrogen-bond acceptors (Lipinski definition) is 6. The zero-order chi connectivity index (χ0) is 16.4. The number of hydrazone groups is 1. The van der Waals surface area contributed by atoms with Gasteiger partial charge in [-0.25, -0.2) is 5.01 Å². The van der Waals surface area contributed by atoms with Crippen molar-refractivity contribution >= 4 is 23.3 Å². The summed E-state index contributed by atoms with van der Waals surface area (Å²) in [5.41, 5.74) is 2.40. The Morgan fingerprint density at radius 2 is 2.13 bits per heavy atom. The molecule has 2 aliphatic rings. The molecule has 8 nitrogen and oxygen atoms in total. The first-order valence-corrected chi connectivity index (χ1v) is 7.81. The SMILES string of the molecule is CCNc1cc2c(nn1)CCN(C(=O)C1=NN(C)C(=O)CC1)C2. The first-order valence-electron chi connectivity index (χ1n) is 7.81. The van der Waals surface area contributed by atoms with Gasteiger partial charge in [-0.2, -0.15) is 10.2 Å². The van der Waals surface area contributed by atoms with Crippen LogP contribution in [0.5, 0.6) is 0 Å². The molecule has 2 amide bonds. The summed E-state index contributed by atoms with van der Waals surface area (Å²) < 4.78 is 0. The van der Waals surface area contributed by atoms with Crippen molar-refractivity contribution in [2.45, 2.75) is 32.7 Å². The molecule has 0 saturated heterocycles. The summed E-state index contributed by atoms with van der Waals surface area (Å²) in [6.45, 7) is 3.86. The molecule has 3 rings (SSSR count). The monoisotopic (exact) mass is 316 g/mol. The van der Waals surface area contributed by atoms with E-state index in [-0.39, 0.29) is 11.8 Å². The van der Waals surface area contributed by atoms with Crippen molar-refractivity contribution in [3.8, 4) is 0 Å². The van der Waals surface area contributed by atoms with Gasteiger partial charge < -0.3 is 10.2 Å². The molecule has 1 N–H and O–H groups in total. The average Bonchev–Trinajstić information content (AvgIpc) is 2.56. The van der Waals surface area contributed by atoms with E-state index in [1.54, 1.807) is 11.9 Å². The number of nitrogens with one attached hydrogen (secondary N) is 1. The second-order valence-corrected chi connectivity index (χ2v) is 5.67. The summed E-state index contributed by atoms with van der Waals surface area (Å²) in [5.74, 6) is 0.564. The molecule has 3 heterocycles. The quantitative estimate of drug-likeness (QED) is 0.872. The molecule has 0 aliphatic carbocycles. The van der Waals surface area contributed by atoms with Gasteiger partial charge in [-0.3, -0.25) is 9.59 Å². The van der Waals surface area contributed by atoms with E-state index >= 15 is 0 Å². The Hall–Kier alpha value is -2.51. The number of carbonyl (C=O) groups is 2. The van der Waals surface area contributed by atoms with Crippen molar-refractivity contribution in [2.24, 2.45) is 5.10 Å². The number of amides is 2. The molecule has 0 saturated carbocycles. The summed E-state index contributed by atoms with van der Waals surface area (Å²) in [6, 6.07) is 1.95. The minimum atomic E-state index is -0.100. The van der Waals surface area contributed by atoms with Gasteiger partial charge in [0.1, 0.15) is 11.5 Å². The Morgan fingerprint density at radius 3 is 2.87 bits per heavy atom. The van der Waals surface area contributed by atoms with Gasteiger partial charge in [0.2, 0.25) is 5.91 Å². The molecule has 0 radical (unpaired) electrons. The molecule has 0 spiro atoms. The van der Waals surface area contributed by atoms with Crippen molar-refractivity contribution in [1.29, 1.82) is 0 Å². The molecule has 1 aromatic heterocycles. The number of carbonyl (C=O) groups excluding carboxylic acids is 2. The summed E-state index contributed by atoms with van der Waals surface area (Å²) in [7, 11) is 1.58. The lowest BCUT2D eigenvalue weighted by molar-refractivity contribution is -0.130. The normalized spacial score (nSPS) is 17.7. The number of anilines is 1. The third kappa shape index (κ3) is 3.15. The Balaban J connectivity index is 1.76. The van der Waals surface area contributed by atoms with Crippen LogP contribution in [0.1, 0.15) is 31.0 Å².